The van der Waals surface area contributed by atoms with E-state index in [1.165, 1.54) is 5.57 Å². The van der Waals surface area contributed by atoms with Gasteiger partial charge in [-0.25, -0.2) is 4.79 Å². The van der Waals surface area contributed by atoms with Crippen LogP contribution in [0.15, 0.2) is 23.8 Å². The first kappa shape index (κ1) is 9.00. The summed E-state index contributed by atoms with van der Waals surface area (Å²) in [6.07, 6.45) is 6.57. The van der Waals surface area contributed by atoms with Crippen molar-refractivity contribution in [2.24, 2.45) is 0 Å². The summed E-state index contributed by atoms with van der Waals surface area (Å²) in [4.78, 5) is 10.1. The van der Waals surface area contributed by atoms with Gasteiger partial charge in [0.1, 0.15) is 6.61 Å². The Balaban J connectivity index is 2.29. The van der Waals surface area contributed by atoms with Crippen LogP contribution in [-0.4, -0.2) is 23.8 Å². The molecule has 1 unspecified atom stereocenters. The smallest absolute Gasteiger partial charge is 0.329 e. The molecule has 0 spiro atoms. The second kappa shape index (κ2) is 4.07. The van der Waals surface area contributed by atoms with E-state index in [1.54, 1.807) is 0 Å². The second-order valence-corrected chi connectivity index (χ2v) is 2.79. The van der Waals surface area contributed by atoms with E-state index in [-0.39, 0.29) is 12.7 Å². The lowest BCUT2D eigenvalue weighted by molar-refractivity contribution is -0.143. The lowest BCUT2D eigenvalue weighted by atomic mass is 10.1. The molecule has 1 N–H and O–H groups in total. The Labute approximate surface area is 71.3 Å². The zero-order valence-corrected chi connectivity index (χ0v) is 6.99. The van der Waals surface area contributed by atoms with E-state index in [2.05, 4.69) is 0 Å². The quantitative estimate of drug-likeness (QED) is 0.692. The lowest BCUT2D eigenvalue weighted by Crippen LogP contribution is -2.16. The molecule has 0 bridgehead atoms. The lowest BCUT2D eigenvalue weighted by Gasteiger charge is -2.13. The van der Waals surface area contributed by atoms with E-state index in [9.17, 15) is 4.79 Å². The van der Waals surface area contributed by atoms with E-state index in [4.69, 9.17) is 9.84 Å². The molecule has 0 radical (unpaired) electrons. The minimum Gasteiger partial charge on any atom is -0.480 e. The Hall–Kier alpha value is -1.09. The maximum Gasteiger partial charge on any atom is 0.329 e. The molecule has 0 saturated carbocycles. The van der Waals surface area contributed by atoms with Crippen LogP contribution in [0.25, 0.3) is 0 Å². The molecule has 1 aliphatic carbocycles. The van der Waals surface area contributed by atoms with Crippen molar-refractivity contribution in [3.05, 3.63) is 23.8 Å². The van der Waals surface area contributed by atoms with Crippen molar-refractivity contribution in [2.75, 3.05) is 6.61 Å². The molecule has 0 saturated heterocycles. The summed E-state index contributed by atoms with van der Waals surface area (Å²) in [5.74, 6) is -0.922. The fourth-order valence-electron chi connectivity index (χ4n) is 1.01. The van der Waals surface area contributed by atoms with Crippen molar-refractivity contribution in [1.29, 1.82) is 0 Å². The first-order valence-corrected chi connectivity index (χ1v) is 3.87. The van der Waals surface area contributed by atoms with Gasteiger partial charge in [-0.2, -0.15) is 0 Å². The fraction of sp³-hybridized carbons (Fsp3) is 0.444. The van der Waals surface area contributed by atoms with E-state index >= 15 is 0 Å². The van der Waals surface area contributed by atoms with Crippen molar-refractivity contribution in [2.45, 2.75) is 19.4 Å². The van der Waals surface area contributed by atoms with Crippen LogP contribution in [0, 0.1) is 0 Å². The molecule has 0 fully saturated rings. The number of hydrogen-bond donors (Lipinski definition) is 1. The molecule has 0 aromatic carbocycles. The molecule has 66 valence electrons. The third kappa shape index (κ3) is 2.88. The third-order valence-electron chi connectivity index (χ3n) is 1.67. The highest BCUT2D eigenvalue weighted by Crippen LogP contribution is 2.12. The molecule has 12 heavy (non-hydrogen) atoms. The second-order valence-electron chi connectivity index (χ2n) is 2.79. The Morgan fingerprint density at radius 1 is 1.83 bits per heavy atom. The number of ether oxygens (including phenoxy) is 1. The number of carbonyl (C=O) groups is 1. The average molecular weight is 168 g/mol. The number of allylic oxidation sites excluding steroid dienone is 2. The molecule has 1 rings (SSSR count). The van der Waals surface area contributed by atoms with Gasteiger partial charge in [-0.05, 0) is 13.3 Å². The van der Waals surface area contributed by atoms with Crippen LogP contribution in [0.3, 0.4) is 0 Å². The number of carboxylic acids is 1. The standard InChI is InChI=1S/C9H12O3/c1-7-2-4-8(5-3-7)12-6-9(10)11/h2-4,8H,5-6H2,1H3,(H,10,11). The van der Waals surface area contributed by atoms with Gasteiger partial charge in [0.25, 0.3) is 0 Å². The molecule has 3 nitrogen and oxygen atoms in total. The predicted molar refractivity (Wildman–Crippen MR) is 44.9 cm³/mol. The van der Waals surface area contributed by atoms with E-state index in [1.807, 2.05) is 25.2 Å². The molecule has 0 aromatic heterocycles. The van der Waals surface area contributed by atoms with Crippen LogP contribution in [-0.2, 0) is 9.53 Å². The van der Waals surface area contributed by atoms with Crippen molar-refractivity contribution in [3.8, 4) is 0 Å². The van der Waals surface area contributed by atoms with Crippen molar-refractivity contribution >= 4 is 5.97 Å². The van der Waals surface area contributed by atoms with Crippen LogP contribution < -0.4 is 0 Å². The van der Waals surface area contributed by atoms with Crippen LogP contribution in [0.2, 0.25) is 0 Å². The molecule has 0 amide bonds. The van der Waals surface area contributed by atoms with Gasteiger partial charge in [0.05, 0.1) is 6.10 Å². The summed E-state index contributed by atoms with van der Waals surface area (Å²) in [6.45, 7) is 1.78. The van der Waals surface area contributed by atoms with Crippen molar-refractivity contribution in [3.63, 3.8) is 0 Å². The number of carboxylic acid groups (broad SMARTS) is 1. The van der Waals surface area contributed by atoms with Gasteiger partial charge < -0.3 is 9.84 Å². The Morgan fingerprint density at radius 3 is 3.08 bits per heavy atom. The molecule has 0 aliphatic heterocycles. The van der Waals surface area contributed by atoms with Gasteiger partial charge >= 0.3 is 5.97 Å². The van der Waals surface area contributed by atoms with E-state index in [0.29, 0.717) is 0 Å². The summed E-state index contributed by atoms with van der Waals surface area (Å²) in [5.41, 5.74) is 1.20. The van der Waals surface area contributed by atoms with Crippen LogP contribution in [0.4, 0.5) is 0 Å². The third-order valence-corrected chi connectivity index (χ3v) is 1.67. The Kier molecular flexibility index (Phi) is 3.05. The molecule has 3 heteroatoms. The maximum atomic E-state index is 10.1. The predicted octanol–water partition coefficient (Wildman–Crippen LogP) is 1.36. The van der Waals surface area contributed by atoms with Gasteiger partial charge in [0, 0.05) is 0 Å². The molecule has 1 aliphatic rings. The highest BCUT2D eigenvalue weighted by atomic mass is 16.5. The topological polar surface area (TPSA) is 46.5 Å². The maximum absolute atomic E-state index is 10.1. The molecular formula is C9H12O3. The van der Waals surface area contributed by atoms with Crippen LogP contribution in [0.5, 0.6) is 0 Å². The van der Waals surface area contributed by atoms with Crippen molar-refractivity contribution < 1.29 is 14.6 Å². The summed E-state index contributed by atoms with van der Waals surface area (Å²) in [5, 5.41) is 8.33. The summed E-state index contributed by atoms with van der Waals surface area (Å²) < 4.78 is 5.06. The SMILES string of the molecule is CC1=CCC(OCC(=O)O)C=C1. The Bertz CT molecular complexity index is 228. The summed E-state index contributed by atoms with van der Waals surface area (Å²) in [6, 6.07) is 0. The van der Waals surface area contributed by atoms with E-state index in [0.717, 1.165) is 6.42 Å². The number of hydrogen-bond acceptors (Lipinski definition) is 2. The largest absolute Gasteiger partial charge is 0.480 e. The first-order valence-electron chi connectivity index (χ1n) is 3.87. The molecule has 1 atom stereocenters. The van der Waals surface area contributed by atoms with Gasteiger partial charge in [-0.15, -0.1) is 0 Å². The van der Waals surface area contributed by atoms with Gasteiger partial charge in [-0.3, -0.25) is 0 Å². The monoisotopic (exact) mass is 168 g/mol. The summed E-state index contributed by atoms with van der Waals surface area (Å²) in [7, 11) is 0. The molecule has 0 aromatic rings. The van der Waals surface area contributed by atoms with Gasteiger partial charge in [0.15, 0.2) is 0 Å². The molecule has 0 heterocycles. The minimum absolute atomic E-state index is 0.0650. The molecular weight excluding hydrogens is 156 g/mol. The van der Waals surface area contributed by atoms with Crippen LogP contribution >= 0.6 is 0 Å². The van der Waals surface area contributed by atoms with E-state index < -0.39 is 5.97 Å². The number of aliphatic carboxylic acids is 1. The highest BCUT2D eigenvalue weighted by molar-refractivity contribution is 5.68. The average Bonchev–Trinajstić information content (AvgIpc) is 2.03. The first-order chi connectivity index (χ1) is 5.68. The van der Waals surface area contributed by atoms with Gasteiger partial charge in [-0.1, -0.05) is 23.8 Å². The zero-order valence-electron chi connectivity index (χ0n) is 6.99. The zero-order chi connectivity index (χ0) is 8.97. The highest BCUT2D eigenvalue weighted by Gasteiger charge is 2.08. The summed E-state index contributed by atoms with van der Waals surface area (Å²) >= 11 is 0. The van der Waals surface area contributed by atoms with Crippen LogP contribution in [0.1, 0.15) is 13.3 Å². The normalized spacial score (nSPS) is 22.1. The number of rotatable bonds is 3. The van der Waals surface area contributed by atoms with Crippen molar-refractivity contribution in [1.82, 2.24) is 0 Å². The minimum atomic E-state index is -0.922. The van der Waals surface area contributed by atoms with Gasteiger partial charge in [0.2, 0.25) is 0 Å². The Morgan fingerprint density at radius 2 is 2.58 bits per heavy atom. The fourth-order valence-corrected chi connectivity index (χ4v) is 1.01.